The molecule has 3 aromatic rings. The predicted molar refractivity (Wildman–Crippen MR) is 137 cm³/mol. The number of hydrogen-bond donors (Lipinski definition) is 0. The van der Waals surface area contributed by atoms with Crippen molar-refractivity contribution in [3.63, 3.8) is 0 Å². The lowest BCUT2D eigenvalue weighted by Crippen LogP contribution is -2.34. The molecule has 0 bridgehead atoms. The summed E-state index contributed by atoms with van der Waals surface area (Å²) in [5.74, 6) is -0.503. The van der Waals surface area contributed by atoms with Crippen molar-refractivity contribution >= 4 is 23.2 Å². The zero-order valence-corrected chi connectivity index (χ0v) is 21.9. The first-order valence-electron chi connectivity index (χ1n) is 12.5. The highest BCUT2D eigenvalue weighted by Gasteiger charge is 2.35. The Hall–Kier alpha value is -3.47. The van der Waals surface area contributed by atoms with Crippen LogP contribution < -0.4 is 0 Å². The Balaban J connectivity index is 1.22. The van der Waals surface area contributed by atoms with Gasteiger partial charge in [0.2, 0.25) is 5.91 Å². The molecule has 200 valence electrons. The van der Waals surface area contributed by atoms with Crippen LogP contribution in [0.1, 0.15) is 69.2 Å². The second-order valence-electron chi connectivity index (χ2n) is 9.74. The van der Waals surface area contributed by atoms with Crippen molar-refractivity contribution in [2.75, 3.05) is 13.6 Å². The molecular weight excluding hydrogens is 515 g/mol. The summed E-state index contributed by atoms with van der Waals surface area (Å²) in [5.41, 5.74) is 2.16. The van der Waals surface area contributed by atoms with Crippen molar-refractivity contribution in [3.05, 3.63) is 81.2 Å². The Morgan fingerprint density at radius 3 is 2.71 bits per heavy atom. The quantitative estimate of drug-likeness (QED) is 0.435. The van der Waals surface area contributed by atoms with Crippen LogP contribution in [0.15, 0.2) is 48.0 Å². The van der Waals surface area contributed by atoms with Crippen molar-refractivity contribution in [1.29, 1.82) is 0 Å². The van der Waals surface area contributed by atoms with Gasteiger partial charge in [0.15, 0.2) is 5.69 Å². The summed E-state index contributed by atoms with van der Waals surface area (Å²) < 4.78 is 39.8. The molecule has 38 heavy (non-hydrogen) atoms. The van der Waals surface area contributed by atoms with Crippen LogP contribution in [-0.2, 0) is 23.9 Å². The van der Waals surface area contributed by atoms with E-state index in [1.165, 1.54) is 34.3 Å². The number of aromatic nitrogens is 3. The monoisotopic (exact) mass is 543 g/mol. The van der Waals surface area contributed by atoms with Crippen molar-refractivity contribution in [2.24, 2.45) is 0 Å². The summed E-state index contributed by atoms with van der Waals surface area (Å²) in [6, 6.07) is 9.22. The lowest BCUT2D eigenvalue weighted by molar-refractivity contribution is -0.142. The van der Waals surface area contributed by atoms with Crippen molar-refractivity contribution in [2.45, 2.75) is 57.3 Å². The Kier molecular flexibility index (Phi) is 7.13. The number of fused-ring (bicyclic) bond motifs is 1. The number of carbonyl (C=O) groups excluding carboxylic acids is 2. The Bertz CT molecular complexity index is 1380. The highest BCUT2D eigenvalue weighted by Crippen LogP contribution is 2.35. The van der Waals surface area contributed by atoms with E-state index in [0.29, 0.717) is 18.7 Å². The number of aryl methyl sites for hydroxylation is 2. The lowest BCUT2D eigenvalue weighted by atomic mass is 9.87. The number of thiazole rings is 1. The third-order valence-electron chi connectivity index (χ3n) is 7.24. The van der Waals surface area contributed by atoms with Gasteiger partial charge in [0, 0.05) is 36.8 Å². The fourth-order valence-electron chi connectivity index (χ4n) is 5.11. The van der Waals surface area contributed by atoms with Crippen molar-refractivity contribution in [3.8, 4) is 0 Å². The second kappa shape index (κ2) is 10.4. The number of nitrogens with zero attached hydrogens (tertiary/aromatic N) is 5. The summed E-state index contributed by atoms with van der Waals surface area (Å²) in [4.78, 5) is 33.9. The van der Waals surface area contributed by atoms with E-state index in [1.54, 1.807) is 16.5 Å². The largest absolute Gasteiger partial charge is 0.435 e. The van der Waals surface area contributed by atoms with Gasteiger partial charge in [-0.05, 0) is 49.8 Å². The third-order valence-corrected chi connectivity index (χ3v) is 8.22. The molecule has 2 amide bonds. The van der Waals surface area contributed by atoms with Gasteiger partial charge in [-0.1, -0.05) is 30.3 Å². The number of rotatable bonds is 5. The van der Waals surface area contributed by atoms with Gasteiger partial charge < -0.3 is 9.80 Å². The van der Waals surface area contributed by atoms with E-state index in [4.69, 9.17) is 0 Å². The SMILES string of the molecule is Cc1cc(C(F)(F)F)nn1CC(=O)N1C=CC(c2nc(C(=O)N(C)[C@@H]3CCCc4ccccc43)cs2)CC1. The average Bonchev–Trinajstić information content (AvgIpc) is 3.55. The molecule has 7 nitrogen and oxygen atoms in total. The minimum atomic E-state index is -4.55. The van der Waals surface area contributed by atoms with Crippen molar-refractivity contribution in [1.82, 2.24) is 24.6 Å². The topological polar surface area (TPSA) is 71.3 Å². The molecule has 1 aliphatic carbocycles. The van der Waals surface area contributed by atoms with E-state index >= 15 is 0 Å². The van der Waals surface area contributed by atoms with E-state index < -0.39 is 11.9 Å². The minimum Gasteiger partial charge on any atom is -0.333 e. The van der Waals surface area contributed by atoms with Crippen LogP contribution in [0.3, 0.4) is 0 Å². The molecule has 0 N–H and O–H groups in total. The predicted octanol–water partition coefficient (Wildman–Crippen LogP) is 5.35. The average molecular weight is 544 g/mol. The van der Waals surface area contributed by atoms with Crippen LogP contribution in [0, 0.1) is 6.92 Å². The molecule has 2 aliphatic rings. The van der Waals surface area contributed by atoms with Crippen LogP contribution in [0.5, 0.6) is 0 Å². The van der Waals surface area contributed by atoms with Crippen molar-refractivity contribution < 1.29 is 22.8 Å². The number of hydrogen-bond acceptors (Lipinski definition) is 5. The molecule has 1 unspecified atom stereocenters. The first kappa shape index (κ1) is 26.1. The van der Waals surface area contributed by atoms with E-state index in [9.17, 15) is 22.8 Å². The lowest BCUT2D eigenvalue weighted by Gasteiger charge is -2.33. The van der Waals surface area contributed by atoms with Gasteiger partial charge in [0.05, 0.1) is 6.04 Å². The summed E-state index contributed by atoms with van der Waals surface area (Å²) in [5, 5.41) is 6.12. The van der Waals surface area contributed by atoms with Crippen LogP contribution in [0.25, 0.3) is 0 Å². The first-order chi connectivity index (χ1) is 18.1. The number of allylic oxidation sites excluding steroid dienone is 1. The number of benzene rings is 1. The van der Waals surface area contributed by atoms with Gasteiger partial charge in [-0.25, -0.2) is 4.98 Å². The molecule has 3 heterocycles. The normalized spacial score (nSPS) is 19.3. The second-order valence-corrected chi connectivity index (χ2v) is 10.6. The van der Waals surface area contributed by atoms with Crippen LogP contribution in [0.4, 0.5) is 13.2 Å². The van der Waals surface area contributed by atoms with E-state index in [1.807, 2.05) is 25.3 Å². The molecule has 5 rings (SSSR count). The highest BCUT2D eigenvalue weighted by molar-refractivity contribution is 7.10. The maximum absolute atomic E-state index is 13.3. The smallest absolute Gasteiger partial charge is 0.333 e. The van der Waals surface area contributed by atoms with Gasteiger partial charge in [-0.2, -0.15) is 18.3 Å². The summed E-state index contributed by atoms with van der Waals surface area (Å²) in [7, 11) is 1.83. The molecule has 1 aromatic carbocycles. The summed E-state index contributed by atoms with van der Waals surface area (Å²) >= 11 is 1.42. The van der Waals surface area contributed by atoms with Gasteiger partial charge in [0.1, 0.15) is 17.2 Å². The number of alkyl halides is 3. The van der Waals surface area contributed by atoms with E-state index in [0.717, 1.165) is 35.0 Å². The Labute approximate surface area is 222 Å². The van der Waals surface area contributed by atoms with Gasteiger partial charge in [-0.15, -0.1) is 11.3 Å². The van der Waals surface area contributed by atoms with E-state index in [-0.39, 0.29) is 36.0 Å². The maximum atomic E-state index is 13.3. The first-order valence-corrected chi connectivity index (χ1v) is 13.4. The van der Waals surface area contributed by atoms with Gasteiger partial charge in [0.25, 0.3) is 5.91 Å². The zero-order chi connectivity index (χ0) is 27.0. The fraction of sp³-hybridized carbons (Fsp3) is 0.407. The third kappa shape index (κ3) is 5.24. The standard InChI is InChI=1S/C27H28F3N5O2S/c1-17-14-23(27(28,29)30)32-35(17)15-24(36)34-12-10-19(11-13-34)25-31-21(16-38-25)26(37)33(2)22-9-5-7-18-6-3-4-8-20(18)22/h3-4,6,8,10,12,14,16,19,22H,5,7,9,11,13,15H2,1-2H3/t19?,22-/m1/s1. The van der Waals surface area contributed by atoms with Crippen LogP contribution in [-0.4, -0.2) is 50.0 Å². The molecular formula is C27H28F3N5O2S. The van der Waals surface area contributed by atoms with Crippen LogP contribution >= 0.6 is 11.3 Å². The molecule has 0 saturated heterocycles. The Morgan fingerprint density at radius 1 is 1.21 bits per heavy atom. The molecule has 0 radical (unpaired) electrons. The number of halogens is 3. The maximum Gasteiger partial charge on any atom is 0.435 e. The summed E-state index contributed by atoms with van der Waals surface area (Å²) in [6.45, 7) is 1.61. The molecule has 11 heteroatoms. The molecule has 2 atom stereocenters. The van der Waals surface area contributed by atoms with Gasteiger partial charge >= 0.3 is 6.18 Å². The fourth-order valence-corrected chi connectivity index (χ4v) is 6.02. The molecule has 2 aromatic heterocycles. The number of carbonyl (C=O) groups is 2. The van der Waals surface area contributed by atoms with Gasteiger partial charge in [-0.3, -0.25) is 14.3 Å². The molecule has 0 fully saturated rings. The highest BCUT2D eigenvalue weighted by atomic mass is 32.1. The summed E-state index contributed by atoms with van der Waals surface area (Å²) in [6.07, 6.45) is 2.52. The molecule has 0 spiro atoms. The molecule has 0 saturated carbocycles. The number of amides is 2. The molecule has 1 aliphatic heterocycles. The zero-order valence-electron chi connectivity index (χ0n) is 21.1. The van der Waals surface area contributed by atoms with Crippen LogP contribution in [0.2, 0.25) is 0 Å². The minimum absolute atomic E-state index is 0.0254. The Morgan fingerprint density at radius 2 is 2.00 bits per heavy atom. The van der Waals surface area contributed by atoms with E-state index in [2.05, 4.69) is 22.2 Å².